The summed E-state index contributed by atoms with van der Waals surface area (Å²) in [7, 11) is 0. The molecular formula is C51H43N3O8. The number of hydrogen-bond donors (Lipinski definition) is 2. The molecule has 2 atom stereocenters. The van der Waals surface area contributed by atoms with E-state index in [-0.39, 0.29) is 12.8 Å². The zero-order chi connectivity index (χ0) is 44.3. The van der Waals surface area contributed by atoms with Crippen LogP contribution in [-0.2, 0) is 28.7 Å². The number of esters is 2. The highest BCUT2D eigenvalue weighted by Gasteiger charge is 2.35. The standard InChI is InChI=1S/C31H24O4.C13H8N2.C5H8O4.C2H3N/c1-19(31(33)35-30-26-16-8-4-12-22(26)23-13-5-9-17-27(23)30)18-28(32)34-29-24-14-6-2-10-20(24)21-11-3-7-15-25(21)29;14-15-13-11-7-3-1-5-9(11)10-6-2-4-8-12(10)13;1-3(5(8)9)2-4(6)7;1-2-3/h2-17,19,29-30H,18H2,1H3;1-8H;3H,2H2,1H3,(H,6,7)(H,8,9);1H3. The molecule has 0 fully saturated rings. The van der Waals surface area contributed by atoms with Crippen LogP contribution in [0.25, 0.3) is 38.9 Å². The average Bonchev–Trinajstić information content (AvgIpc) is 3.89. The number of carbonyl (C=O) groups is 4. The molecule has 3 aliphatic rings. The predicted octanol–water partition coefficient (Wildman–Crippen LogP) is 10.1. The van der Waals surface area contributed by atoms with E-state index in [2.05, 4.69) is 4.79 Å². The largest absolute Gasteiger partial charge is 0.481 e. The number of nitrogens with zero attached hydrogens (tertiary/aromatic N) is 3. The summed E-state index contributed by atoms with van der Waals surface area (Å²) in [5.41, 5.74) is 22.2. The number of aliphatic carboxylic acids is 2. The predicted molar refractivity (Wildman–Crippen MR) is 232 cm³/mol. The molecule has 6 aromatic rings. The smallest absolute Gasteiger partial charge is 0.330 e. The van der Waals surface area contributed by atoms with Crippen molar-refractivity contribution in [1.29, 1.82) is 5.26 Å². The first-order chi connectivity index (χ1) is 30.0. The van der Waals surface area contributed by atoms with Gasteiger partial charge in [-0.3, -0.25) is 19.2 Å². The second-order valence-electron chi connectivity index (χ2n) is 14.7. The second kappa shape index (κ2) is 19.9. The van der Waals surface area contributed by atoms with Gasteiger partial charge in [0.1, 0.15) is 0 Å². The van der Waals surface area contributed by atoms with E-state index >= 15 is 0 Å². The number of fused-ring (bicyclic) bond motifs is 9. The number of carboxylic acid groups (broad SMARTS) is 2. The van der Waals surface area contributed by atoms with Crippen molar-refractivity contribution in [2.24, 2.45) is 11.8 Å². The molecule has 2 N–H and O–H groups in total. The molecule has 0 aromatic heterocycles. The van der Waals surface area contributed by atoms with E-state index in [0.29, 0.717) is 5.71 Å². The van der Waals surface area contributed by atoms with Crippen LogP contribution in [0, 0.1) is 23.2 Å². The summed E-state index contributed by atoms with van der Waals surface area (Å²) >= 11 is 0. The van der Waals surface area contributed by atoms with Gasteiger partial charge < -0.3 is 25.2 Å². The third-order valence-electron chi connectivity index (χ3n) is 10.6. The zero-order valence-electron chi connectivity index (χ0n) is 34.3. The molecule has 9 rings (SSSR count). The number of hydrogen-bond acceptors (Lipinski definition) is 7. The average molecular weight is 826 g/mol. The van der Waals surface area contributed by atoms with Gasteiger partial charge in [0.05, 0.1) is 41.9 Å². The summed E-state index contributed by atoms with van der Waals surface area (Å²) in [6.45, 7) is 4.50. The highest BCUT2D eigenvalue weighted by Crippen LogP contribution is 2.47. The molecule has 3 aliphatic carbocycles. The first-order valence-corrected chi connectivity index (χ1v) is 19.9. The molecule has 0 saturated heterocycles. The molecule has 0 heterocycles. The maximum absolute atomic E-state index is 13.1. The van der Waals surface area contributed by atoms with E-state index in [1.807, 2.05) is 146 Å². The van der Waals surface area contributed by atoms with Crippen molar-refractivity contribution in [3.8, 4) is 39.4 Å². The van der Waals surface area contributed by atoms with Crippen molar-refractivity contribution in [2.75, 3.05) is 0 Å². The van der Waals surface area contributed by atoms with Gasteiger partial charge in [-0.05, 0) is 45.5 Å². The molecular weight excluding hydrogens is 783 g/mol. The number of benzene rings is 6. The van der Waals surface area contributed by atoms with E-state index in [9.17, 15) is 19.2 Å². The molecule has 6 aromatic carbocycles. The Morgan fingerprint density at radius 3 is 1.21 bits per heavy atom. The minimum absolute atomic E-state index is 0.0460. The van der Waals surface area contributed by atoms with Crippen LogP contribution in [0.2, 0.25) is 0 Å². The fourth-order valence-corrected chi connectivity index (χ4v) is 7.67. The van der Waals surface area contributed by atoms with Gasteiger partial charge in [-0.2, -0.15) is 10.1 Å². The summed E-state index contributed by atoms with van der Waals surface area (Å²) in [6.07, 6.45) is -1.29. The summed E-state index contributed by atoms with van der Waals surface area (Å²) in [5, 5.41) is 23.6. The molecule has 0 spiro atoms. The number of rotatable bonds is 8. The van der Waals surface area contributed by atoms with Crippen LogP contribution in [-0.4, -0.2) is 44.6 Å². The fourth-order valence-electron chi connectivity index (χ4n) is 7.67. The Hall–Kier alpha value is -7.93. The number of carboxylic acids is 2. The Labute approximate surface area is 359 Å². The van der Waals surface area contributed by atoms with E-state index in [4.69, 9.17) is 30.5 Å². The Bertz CT molecular complexity index is 2610. The van der Waals surface area contributed by atoms with Gasteiger partial charge >= 0.3 is 29.6 Å². The minimum Gasteiger partial charge on any atom is -0.481 e. The summed E-state index contributed by atoms with van der Waals surface area (Å²) in [6, 6.07) is 49.5. The van der Waals surface area contributed by atoms with Gasteiger partial charge in [-0.25, -0.2) is 0 Å². The van der Waals surface area contributed by atoms with Gasteiger partial charge in [0.25, 0.3) is 0 Å². The van der Waals surface area contributed by atoms with Gasteiger partial charge in [0, 0.05) is 29.2 Å². The Balaban J connectivity index is 0.000000194. The monoisotopic (exact) mass is 825 g/mol. The van der Waals surface area contributed by atoms with Crippen LogP contribution < -0.4 is 0 Å². The van der Waals surface area contributed by atoms with Crippen LogP contribution in [0.15, 0.2) is 146 Å². The third kappa shape index (κ3) is 9.42. The van der Waals surface area contributed by atoms with Crippen LogP contribution in [0.5, 0.6) is 0 Å². The van der Waals surface area contributed by atoms with E-state index in [0.717, 1.165) is 66.8 Å². The second-order valence-corrected chi connectivity index (χ2v) is 14.7. The summed E-state index contributed by atoms with van der Waals surface area (Å²) in [5.74, 6) is -4.40. The molecule has 310 valence electrons. The lowest BCUT2D eigenvalue weighted by Crippen LogP contribution is -2.22. The van der Waals surface area contributed by atoms with Crippen molar-refractivity contribution in [2.45, 2.75) is 45.8 Å². The minimum atomic E-state index is -1.08. The summed E-state index contributed by atoms with van der Waals surface area (Å²) in [4.78, 5) is 49.2. The molecule has 0 bridgehead atoms. The molecule has 0 radical (unpaired) electrons. The van der Waals surface area contributed by atoms with Crippen molar-refractivity contribution in [1.82, 2.24) is 0 Å². The van der Waals surface area contributed by atoms with E-state index in [1.165, 1.54) is 13.8 Å². The van der Waals surface area contributed by atoms with Gasteiger partial charge in [0.15, 0.2) is 12.2 Å². The molecule has 0 aliphatic heterocycles. The van der Waals surface area contributed by atoms with Crippen molar-refractivity contribution in [3.63, 3.8) is 0 Å². The molecule has 11 nitrogen and oxygen atoms in total. The number of carbonyl (C=O) groups excluding carboxylic acids is 2. The molecule has 0 saturated carbocycles. The normalized spacial score (nSPS) is 13.0. The van der Waals surface area contributed by atoms with Crippen LogP contribution in [0.4, 0.5) is 0 Å². The Kier molecular flexibility index (Phi) is 14.0. The Morgan fingerprint density at radius 2 is 0.887 bits per heavy atom. The van der Waals surface area contributed by atoms with Crippen molar-refractivity contribution < 1.29 is 43.7 Å². The zero-order valence-corrected chi connectivity index (χ0v) is 34.3. The maximum atomic E-state index is 13.1. The topological polar surface area (TPSA) is 187 Å². The maximum Gasteiger partial charge on any atom is 0.330 e. The van der Waals surface area contributed by atoms with Crippen molar-refractivity contribution >= 4 is 29.6 Å². The number of nitriles is 1. The molecule has 0 amide bonds. The summed E-state index contributed by atoms with van der Waals surface area (Å²) < 4.78 is 11.9. The first-order valence-electron chi connectivity index (χ1n) is 19.9. The number of ether oxygens (including phenoxy) is 2. The molecule has 11 heteroatoms. The third-order valence-corrected chi connectivity index (χ3v) is 10.6. The van der Waals surface area contributed by atoms with Crippen LogP contribution in [0.3, 0.4) is 0 Å². The van der Waals surface area contributed by atoms with E-state index < -0.39 is 47.9 Å². The quantitative estimate of drug-likeness (QED) is 0.0854. The van der Waals surface area contributed by atoms with Crippen LogP contribution >= 0.6 is 0 Å². The first kappa shape index (κ1) is 43.6. The lowest BCUT2D eigenvalue weighted by Gasteiger charge is -2.19. The molecule has 2 unspecified atom stereocenters. The highest BCUT2D eigenvalue weighted by molar-refractivity contribution is 6.21. The molecule has 62 heavy (non-hydrogen) atoms. The van der Waals surface area contributed by atoms with Gasteiger partial charge in [-0.15, -0.1) is 0 Å². The van der Waals surface area contributed by atoms with Crippen molar-refractivity contribution in [3.05, 3.63) is 185 Å². The van der Waals surface area contributed by atoms with Crippen LogP contribution in [0.1, 0.15) is 79.2 Å². The lowest BCUT2D eigenvalue weighted by molar-refractivity contribution is -0.158. The highest BCUT2D eigenvalue weighted by atomic mass is 16.6. The van der Waals surface area contributed by atoms with Gasteiger partial charge in [-0.1, -0.05) is 147 Å². The lowest BCUT2D eigenvalue weighted by atomic mass is 10.1. The van der Waals surface area contributed by atoms with E-state index in [1.54, 1.807) is 13.0 Å². The Morgan fingerprint density at radius 1 is 0.565 bits per heavy atom. The van der Waals surface area contributed by atoms with Gasteiger partial charge in [0.2, 0.25) is 0 Å². The fraction of sp³-hybridized carbons (Fsp3) is 0.176. The SMILES string of the molecule is CC#N.CC(CC(=O)O)C(=O)O.CC(CC(=O)OC1c2ccccc2-c2ccccc21)C(=O)OC1c2ccccc2-c2ccccc21.[N-]=[N+]=C1c2ccccc2-c2ccccc21.